The molecule has 34 heavy (non-hydrogen) atoms. The van der Waals surface area contributed by atoms with Crippen LogP contribution in [-0.2, 0) is 9.59 Å². The lowest BCUT2D eigenvalue weighted by Crippen LogP contribution is -2.39. The van der Waals surface area contributed by atoms with Crippen LogP contribution in [0.25, 0.3) is 0 Å². The summed E-state index contributed by atoms with van der Waals surface area (Å²) in [6.45, 7) is 9.87. The number of hydrogen-bond donors (Lipinski definition) is 2. The van der Waals surface area contributed by atoms with E-state index in [1.807, 2.05) is 39.0 Å². The predicted molar refractivity (Wildman–Crippen MR) is 131 cm³/mol. The fraction of sp³-hybridized carbons (Fsp3) is 0.333. The zero-order valence-corrected chi connectivity index (χ0v) is 20.1. The lowest BCUT2D eigenvalue weighted by atomic mass is 9.68. The summed E-state index contributed by atoms with van der Waals surface area (Å²) >= 11 is 0. The van der Waals surface area contributed by atoms with E-state index in [4.69, 9.17) is 0 Å². The molecular weight excluding hydrogens is 430 g/mol. The van der Waals surface area contributed by atoms with Gasteiger partial charge >= 0.3 is 0 Å². The van der Waals surface area contributed by atoms with Crippen molar-refractivity contribution >= 4 is 23.1 Å². The third-order valence-corrected chi connectivity index (χ3v) is 6.55. The number of Topliss-reactive ketones (excluding diaryl/α,β-unsaturated/α-hetero) is 1. The molecule has 0 bridgehead atoms. The highest BCUT2D eigenvalue weighted by atomic mass is 16.6. The van der Waals surface area contributed by atoms with E-state index in [9.17, 15) is 19.7 Å². The maximum absolute atomic E-state index is 13.6. The molecule has 0 saturated carbocycles. The molecule has 7 heteroatoms. The number of nitrogens with zero attached hydrogens (tertiary/aromatic N) is 1. The number of rotatable bonds is 4. The normalized spacial score (nSPS) is 19.4. The summed E-state index contributed by atoms with van der Waals surface area (Å²) < 4.78 is 0. The fourth-order valence-electron chi connectivity index (χ4n) is 5.00. The summed E-state index contributed by atoms with van der Waals surface area (Å²) in [5, 5.41) is 17.5. The summed E-state index contributed by atoms with van der Waals surface area (Å²) in [4.78, 5) is 37.7. The second kappa shape index (κ2) is 8.56. The number of carbonyl (C=O) groups is 2. The number of dihydropyridines is 1. The van der Waals surface area contributed by atoms with E-state index in [1.54, 1.807) is 12.1 Å². The maximum atomic E-state index is 13.6. The van der Waals surface area contributed by atoms with Crippen molar-refractivity contribution < 1.29 is 14.5 Å². The van der Waals surface area contributed by atoms with E-state index in [1.165, 1.54) is 12.1 Å². The van der Waals surface area contributed by atoms with Crippen LogP contribution in [0.3, 0.4) is 0 Å². The number of hydrogen-bond acceptors (Lipinski definition) is 5. The van der Waals surface area contributed by atoms with Gasteiger partial charge in [-0.1, -0.05) is 43.7 Å². The van der Waals surface area contributed by atoms with Gasteiger partial charge < -0.3 is 10.6 Å². The molecule has 2 N–H and O–H groups in total. The van der Waals surface area contributed by atoms with Gasteiger partial charge in [-0.25, -0.2) is 0 Å². The van der Waals surface area contributed by atoms with E-state index in [2.05, 4.69) is 24.5 Å². The van der Waals surface area contributed by atoms with Crippen LogP contribution in [0, 0.1) is 29.4 Å². The predicted octanol–water partition coefficient (Wildman–Crippen LogP) is 5.45. The zero-order valence-electron chi connectivity index (χ0n) is 20.1. The third kappa shape index (κ3) is 4.38. The molecule has 4 rings (SSSR count). The third-order valence-electron chi connectivity index (χ3n) is 6.55. The lowest BCUT2D eigenvalue weighted by molar-refractivity contribution is -0.384. The fourth-order valence-corrected chi connectivity index (χ4v) is 5.00. The molecule has 0 radical (unpaired) electrons. The largest absolute Gasteiger partial charge is 0.362 e. The Hall–Kier alpha value is -3.74. The van der Waals surface area contributed by atoms with Gasteiger partial charge in [-0.2, -0.15) is 0 Å². The highest BCUT2D eigenvalue weighted by Gasteiger charge is 2.42. The quantitative estimate of drug-likeness (QED) is 0.467. The summed E-state index contributed by atoms with van der Waals surface area (Å²) in [5.74, 6) is -0.915. The first kappa shape index (κ1) is 23.4. The Balaban J connectivity index is 1.81. The van der Waals surface area contributed by atoms with Crippen LogP contribution >= 0.6 is 0 Å². The number of nitro groups is 1. The van der Waals surface area contributed by atoms with Gasteiger partial charge in [-0.15, -0.1) is 0 Å². The number of benzene rings is 2. The summed E-state index contributed by atoms with van der Waals surface area (Å²) in [7, 11) is 0. The van der Waals surface area contributed by atoms with Crippen molar-refractivity contribution in [2.45, 2.75) is 53.4 Å². The molecule has 1 heterocycles. The van der Waals surface area contributed by atoms with Crippen molar-refractivity contribution in [3.8, 4) is 0 Å². The SMILES string of the molecule is CC1=C(C(=O)Nc2ccc(C)cc2C)[C@@H](c2ccc([N+](=O)[O-])cc2)C2=C(CC(C)(C)CC2=O)N1. The van der Waals surface area contributed by atoms with E-state index >= 15 is 0 Å². The summed E-state index contributed by atoms with van der Waals surface area (Å²) in [6, 6.07) is 11.9. The number of non-ortho nitro benzene ring substituents is 1. The standard InChI is InChI=1S/C27H29N3O4/c1-15-6-11-20(16(2)12-15)29-26(32)23-17(3)28-21-13-27(4,5)14-22(31)25(21)24(23)18-7-9-19(10-8-18)30(33)34/h6-12,24,28H,13-14H2,1-5H3,(H,29,32)/t24-/m1/s1. The number of ketones is 1. The Labute approximate surface area is 199 Å². The van der Waals surface area contributed by atoms with Gasteiger partial charge in [0.1, 0.15) is 0 Å². The zero-order chi connectivity index (χ0) is 24.8. The molecule has 0 spiro atoms. The highest BCUT2D eigenvalue weighted by Crippen LogP contribution is 2.47. The van der Waals surface area contributed by atoms with Crippen LogP contribution in [0.5, 0.6) is 0 Å². The molecule has 0 saturated heterocycles. The van der Waals surface area contributed by atoms with E-state index in [0.717, 1.165) is 16.8 Å². The number of aryl methyl sites for hydroxylation is 2. The lowest BCUT2D eigenvalue weighted by Gasteiger charge is -2.39. The molecule has 7 nitrogen and oxygen atoms in total. The van der Waals surface area contributed by atoms with Gasteiger partial charge in [0.15, 0.2) is 5.78 Å². The minimum absolute atomic E-state index is 0.00795. The van der Waals surface area contributed by atoms with Gasteiger partial charge in [0.2, 0.25) is 0 Å². The van der Waals surface area contributed by atoms with E-state index in [0.29, 0.717) is 40.9 Å². The van der Waals surface area contributed by atoms with Gasteiger partial charge in [0.05, 0.1) is 4.92 Å². The molecule has 1 amide bonds. The first-order valence-electron chi connectivity index (χ1n) is 11.3. The Kier molecular flexibility index (Phi) is 5.89. The van der Waals surface area contributed by atoms with E-state index in [-0.39, 0.29) is 22.8 Å². The average molecular weight is 460 g/mol. The van der Waals surface area contributed by atoms with Crippen LogP contribution < -0.4 is 10.6 Å². The minimum atomic E-state index is -0.605. The minimum Gasteiger partial charge on any atom is -0.362 e. The Morgan fingerprint density at radius 2 is 1.76 bits per heavy atom. The first-order chi connectivity index (χ1) is 16.0. The maximum Gasteiger partial charge on any atom is 0.269 e. The Morgan fingerprint density at radius 3 is 2.38 bits per heavy atom. The molecule has 0 aromatic heterocycles. The second-order valence-corrected chi connectivity index (χ2v) is 10.1. The van der Waals surface area contributed by atoms with Gasteiger partial charge in [-0.3, -0.25) is 19.7 Å². The summed E-state index contributed by atoms with van der Waals surface area (Å²) in [6.07, 6.45) is 1.06. The van der Waals surface area contributed by atoms with Crippen molar-refractivity contribution in [2.24, 2.45) is 5.41 Å². The topological polar surface area (TPSA) is 101 Å². The highest BCUT2D eigenvalue weighted by molar-refractivity contribution is 6.10. The number of nitrogens with one attached hydrogen (secondary N) is 2. The van der Waals surface area contributed by atoms with Crippen molar-refractivity contribution in [1.29, 1.82) is 0 Å². The van der Waals surface area contributed by atoms with Gasteiger partial charge in [0.25, 0.3) is 11.6 Å². The van der Waals surface area contributed by atoms with Crippen LogP contribution in [0.4, 0.5) is 11.4 Å². The molecule has 2 aromatic carbocycles. The van der Waals surface area contributed by atoms with Gasteiger partial charge in [0, 0.05) is 52.7 Å². The first-order valence-corrected chi connectivity index (χ1v) is 11.3. The molecule has 176 valence electrons. The van der Waals surface area contributed by atoms with Crippen molar-refractivity contribution in [3.05, 3.63) is 91.8 Å². The van der Waals surface area contributed by atoms with Crippen LogP contribution in [0.1, 0.15) is 56.2 Å². The summed E-state index contributed by atoms with van der Waals surface area (Å²) in [5.41, 5.74) is 5.71. The van der Waals surface area contributed by atoms with Crippen molar-refractivity contribution in [2.75, 3.05) is 5.32 Å². The smallest absolute Gasteiger partial charge is 0.269 e. The molecule has 1 atom stereocenters. The van der Waals surface area contributed by atoms with Crippen molar-refractivity contribution in [3.63, 3.8) is 0 Å². The molecule has 2 aromatic rings. The van der Waals surface area contributed by atoms with Gasteiger partial charge in [-0.05, 0) is 49.8 Å². The molecule has 1 aliphatic heterocycles. The number of anilines is 1. The second-order valence-electron chi connectivity index (χ2n) is 10.1. The molecule has 1 aliphatic carbocycles. The number of allylic oxidation sites excluding steroid dienone is 3. The average Bonchev–Trinajstić information content (AvgIpc) is 2.73. The van der Waals surface area contributed by atoms with Crippen LogP contribution in [-0.4, -0.2) is 16.6 Å². The number of carbonyl (C=O) groups excluding carboxylic acids is 2. The Morgan fingerprint density at radius 1 is 1.09 bits per heavy atom. The van der Waals surface area contributed by atoms with Crippen molar-refractivity contribution in [1.82, 2.24) is 5.32 Å². The van der Waals surface area contributed by atoms with Crippen LogP contribution in [0.2, 0.25) is 0 Å². The monoisotopic (exact) mass is 459 g/mol. The number of nitro benzene ring substituents is 1. The van der Waals surface area contributed by atoms with E-state index < -0.39 is 10.8 Å². The molecule has 2 aliphatic rings. The molecule has 0 fully saturated rings. The molecular formula is C27H29N3O4. The Bertz CT molecular complexity index is 1270. The number of amides is 1. The molecule has 0 unspecified atom stereocenters. The van der Waals surface area contributed by atoms with Crippen LogP contribution in [0.15, 0.2) is 65.0 Å².